The minimum absolute atomic E-state index is 0.0433. The number of nitrogens with zero attached hydrogens (tertiary/aromatic N) is 3. The summed E-state index contributed by atoms with van der Waals surface area (Å²) in [6, 6.07) is 4.74. The van der Waals surface area contributed by atoms with Crippen LogP contribution in [-0.2, 0) is 17.9 Å². The molecule has 1 amide bonds. The Labute approximate surface area is 148 Å². The van der Waals surface area contributed by atoms with E-state index in [1.54, 1.807) is 17.0 Å². The number of alkyl halides is 2. The lowest BCUT2D eigenvalue weighted by Gasteiger charge is -2.20. The predicted molar refractivity (Wildman–Crippen MR) is 86.7 cm³/mol. The molecule has 2 fully saturated rings. The second-order valence-electron chi connectivity index (χ2n) is 6.89. The highest BCUT2D eigenvalue weighted by Crippen LogP contribution is 2.46. The smallest absolute Gasteiger partial charge is 0.338 e. The average molecular weight is 361 g/mol. The molecule has 1 aliphatic carbocycles. The van der Waals surface area contributed by atoms with Crippen LogP contribution in [0.4, 0.5) is 8.78 Å². The molecule has 0 radical (unpaired) electrons. The molecule has 1 aromatic carbocycles. The molecular formula is C18H17F2N3O3. The molecule has 1 N–H and O–H groups in total. The number of halogens is 2. The van der Waals surface area contributed by atoms with Crippen molar-refractivity contribution in [1.29, 1.82) is 0 Å². The van der Waals surface area contributed by atoms with Crippen LogP contribution in [0.5, 0.6) is 0 Å². The summed E-state index contributed by atoms with van der Waals surface area (Å²) >= 11 is 0. The summed E-state index contributed by atoms with van der Waals surface area (Å²) in [6.45, 7) is 1.05. The van der Waals surface area contributed by atoms with Crippen molar-refractivity contribution >= 4 is 11.9 Å². The number of aromatic nitrogens is 2. The number of piperidine rings is 1. The first-order valence-electron chi connectivity index (χ1n) is 8.36. The highest BCUT2D eigenvalue weighted by Gasteiger charge is 2.51. The fraction of sp³-hybridized carbons (Fsp3) is 0.389. The summed E-state index contributed by atoms with van der Waals surface area (Å²) in [4.78, 5) is 24.6. The van der Waals surface area contributed by atoms with Gasteiger partial charge in [0.05, 0.1) is 18.3 Å². The van der Waals surface area contributed by atoms with E-state index in [-0.39, 0.29) is 36.0 Å². The standard InChI is InChI=1S/C18H17F2N3O3/c19-16(20)14-3-10(6-23-9-13(5-21-23)18(25)26)1-2-11(14)7-22-8-12-4-15(12)17(22)24/h1-3,5,9,12,15-16H,4,6-8H2,(H,25,26). The van der Waals surface area contributed by atoms with Gasteiger partial charge in [0.2, 0.25) is 5.91 Å². The SMILES string of the molecule is O=C(O)c1cnn(Cc2ccc(CN3CC4CC4C3=O)c(C(F)F)c2)c1. The van der Waals surface area contributed by atoms with Gasteiger partial charge in [-0.3, -0.25) is 9.48 Å². The second-order valence-corrected chi connectivity index (χ2v) is 6.89. The van der Waals surface area contributed by atoms with Gasteiger partial charge in [-0.25, -0.2) is 13.6 Å². The van der Waals surface area contributed by atoms with Crippen LogP contribution in [-0.4, -0.2) is 38.2 Å². The van der Waals surface area contributed by atoms with Gasteiger partial charge in [0, 0.05) is 30.8 Å². The van der Waals surface area contributed by atoms with Gasteiger partial charge in [0.15, 0.2) is 0 Å². The van der Waals surface area contributed by atoms with E-state index in [4.69, 9.17) is 5.11 Å². The number of aromatic carboxylic acids is 1. The normalized spacial score (nSPS) is 21.3. The number of amides is 1. The Morgan fingerprint density at radius 1 is 1.35 bits per heavy atom. The minimum atomic E-state index is -2.65. The number of hydrogen-bond donors (Lipinski definition) is 1. The van der Waals surface area contributed by atoms with E-state index in [0.29, 0.717) is 23.6 Å². The zero-order valence-electron chi connectivity index (χ0n) is 13.8. The van der Waals surface area contributed by atoms with Crippen molar-refractivity contribution in [2.75, 3.05) is 6.54 Å². The maximum Gasteiger partial charge on any atom is 0.338 e. The van der Waals surface area contributed by atoms with Gasteiger partial charge in [-0.1, -0.05) is 12.1 Å². The molecule has 2 heterocycles. The molecule has 4 rings (SSSR count). The Balaban J connectivity index is 1.53. The van der Waals surface area contributed by atoms with E-state index in [0.717, 1.165) is 6.42 Å². The highest BCUT2D eigenvalue weighted by atomic mass is 19.3. The monoisotopic (exact) mass is 361 g/mol. The van der Waals surface area contributed by atoms with E-state index in [1.165, 1.54) is 23.1 Å². The van der Waals surface area contributed by atoms with Gasteiger partial charge in [-0.2, -0.15) is 5.10 Å². The number of hydrogen-bond acceptors (Lipinski definition) is 3. The van der Waals surface area contributed by atoms with E-state index >= 15 is 0 Å². The lowest BCUT2D eigenvalue weighted by atomic mass is 10.0. The van der Waals surface area contributed by atoms with E-state index in [2.05, 4.69) is 5.10 Å². The second kappa shape index (κ2) is 6.19. The number of carboxylic acids is 1. The van der Waals surface area contributed by atoms with Gasteiger partial charge < -0.3 is 10.0 Å². The van der Waals surface area contributed by atoms with Gasteiger partial charge in [0.25, 0.3) is 6.43 Å². The van der Waals surface area contributed by atoms with E-state index in [9.17, 15) is 18.4 Å². The fourth-order valence-electron chi connectivity index (χ4n) is 3.54. The molecule has 26 heavy (non-hydrogen) atoms. The molecule has 2 unspecified atom stereocenters. The van der Waals surface area contributed by atoms with Crippen LogP contribution < -0.4 is 0 Å². The summed E-state index contributed by atoms with van der Waals surface area (Å²) in [5, 5.41) is 12.8. The van der Waals surface area contributed by atoms with E-state index < -0.39 is 12.4 Å². The van der Waals surface area contributed by atoms with Gasteiger partial charge in [-0.15, -0.1) is 0 Å². The quantitative estimate of drug-likeness (QED) is 0.858. The third-order valence-electron chi connectivity index (χ3n) is 5.04. The van der Waals surface area contributed by atoms with E-state index in [1.807, 2.05) is 0 Å². The number of fused-ring (bicyclic) bond motifs is 1. The van der Waals surface area contributed by atoms with Crippen LogP contribution in [0.2, 0.25) is 0 Å². The van der Waals surface area contributed by atoms with Crippen molar-refractivity contribution in [2.24, 2.45) is 11.8 Å². The molecule has 136 valence electrons. The Bertz CT molecular complexity index is 880. The fourth-order valence-corrected chi connectivity index (χ4v) is 3.54. The third kappa shape index (κ3) is 3.07. The van der Waals surface area contributed by atoms with Crippen LogP contribution >= 0.6 is 0 Å². The largest absolute Gasteiger partial charge is 0.478 e. The summed E-state index contributed by atoms with van der Waals surface area (Å²) in [5.74, 6) is -0.516. The Morgan fingerprint density at radius 3 is 2.77 bits per heavy atom. The molecule has 1 saturated carbocycles. The van der Waals surface area contributed by atoms with Crippen LogP contribution in [0.1, 0.15) is 39.9 Å². The van der Waals surface area contributed by atoms with Crippen molar-refractivity contribution in [1.82, 2.24) is 14.7 Å². The van der Waals surface area contributed by atoms with Crippen molar-refractivity contribution in [2.45, 2.75) is 25.9 Å². The van der Waals surface area contributed by atoms with Crippen molar-refractivity contribution in [3.63, 3.8) is 0 Å². The van der Waals surface area contributed by atoms with Crippen molar-refractivity contribution in [3.8, 4) is 0 Å². The summed E-state index contributed by atoms with van der Waals surface area (Å²) in [5.41, 5.74) is 0.994. The van der Waals surface area contributed by atoms with Crippen LogP contribution in [0.3, 0.4) is 0 Å². The average Bonchev–Trinajstić information content (AvgIpc) is 3.08. The van der Waals surface area contributed by atoms with Gasteiger partial charge >= 0.3 is 5.97 Å². The summed E-state index contributed by atoms with van der Waals surface area (Å²) in [7, 11) is 0. The number of rotatable bonds is 6. The molecule has 0 bridgehead atoms. The molecule has 6 nitrogen and oxygen atoms in total. The molecule has 2 atom stereocenters. The summed E-state index contributed by atoms with van der Waals surface area (Å²) in [6.07, 6.45) is 0.852. The lowest BCUT2D eigenvalue weighted by molar-refractivity contribution is -0.130. The molecule has 8 heteroatoms. The molecule has 0 spiro atoms. The topological polar surface area (TPSA) is 75.4 Å². The highest BCUT2D eigenvalue weighted by molar-refractivity contribution is 5.86. The maximum absolute atomic E-state index is 13.5. The first-order chi connectivity index (χ1) is 12.4. The number of benzene rings is 1. The van der Waals surface area contributed by atoms with Gasteiger partial charge in [-0.05, 0) is 29.5 Å². The molecule has 1 aliphatic heterocycles. The molecule has 1 aromatic heterocycles. The number of carbonyl (C=O) groups excluding carboxylic acids is 1. The van der Waals surface area contributed by atoms with Crippen molar-refractivity contribution < 1.29 is 23.5 Å². The number of likely N-dealkylation sites (tertiary alicyclic amines) is 1. The molecule has 2 aromatic rings. The number of carboxylic acid groups (broad SMARTS) is 1. The summed E-state index contributed by atoms with van der Waals surface area (Å²) < 4.78 is 28.4. The molecule has 2 aliphatic rings. The Hall–Kier alpha value is -2.77. The lowest BCUT2D eigenvalue weighted by Crippen LogP contribution is -2.28. The Kier molecular flexibility index (Phi) is 3.97. The minimum Gasteiger partial charge on any atom is -0.478 e. The predicted octanol–water partition coefficient (Wildman–Crippen LogP) is 2.55. The van der Waals surface area contributed by atoms with Crippen LogP contribution in [0.15, 0.2) is 30.6 Å². The maximum atomic E-state index is 13.5. The zero-order valence-corrected chi connectivity index (χ0v) is 13.8. The molecular weight excluding hydrogens is 344 g/mol. The molecule has 1 saturated heterocycles. The van der Waals surface area contributed by atoms with Gasteiger partial charge in [0.1, 0.15) is 0 Å². The zero-order chi connectivity index (χ0) is 18.4. The van der Waals surface area contributed by atoms with Crippen molar-refractivity contribution in [3.05, 3.63) is 52.8 Å². The van der Waals surface area contributed by atoms with Crippen LogP contribution in [0, 0.1) is 11.8 Å². The third-order valence-corrected chi connectivity index (χ3v) is 5.04. The first-order valence-corrected chi connectivity index (χ1v) is 8.36. The van der Waals surface area contributed by atoms with Crippen LogP contribution in [0.25, 0.3) is 0 Å². The number of carbonyl (C=O) groups is 2. The first kappa shape index (κ1) is 16.7. The Morgan fingerprint density at radius 2 is 2.15 bits per heavy atom.